The van der Waals surface area contributed by atoms with E-state index >= 15 is 0 Å². The molecule has 0 saturated carbocycles. The summed E-state index contributed by atoms with van der Waals surface area (Å²) in [7, 11) is 1.26. The molecular formula is C21H21N3O8. The third kappa shape index (κ3) is 7.86. The van der Waals surface area contributed by atoms with Crippen molar-refractivity contribution in [1.29, 1.82) is 0 Å². The van der Waals surface area contributed by atoms with E-state index in [0.29, 0.717) is 11.3 Å². The van der Waals surface area contributed by atoms with Crippen LogP contribution in [0.3, 0.4) is 0 Å². The third-order valence-electron chi connectivity index (χ3n) is 4.08. The van der Waals surface area contributed by atoms with Crippen LogP contribution in [0.1, 0.15) is 29.6 Å². The smallest absolute Gasteiger partial charge is 0.337 e. The summed E-state index contributed by atoms with van der Waals surface area (Å²) in [5.74, 6) is -2.13. The number of nitrogens with one attached hydrogen (secondary N) is 2. The summed E-state index contributed by atoms with van der Waals surface area (Å²) < 4.78 is 9.44. The van der Waals surface area contributed by atoms with E-state index in [9.17, 15) is 29.3 Å². The van der Waals surface area contributed by atoms with Gasteiger partial charge in [0.05, 0.1) is 17.6 Å². The van der Waals surface area contributed by atoms with Gasteiger partial charge >= 0.3 is 11.9 Å². The number of nitrogens with zero attached hydrogens (tertiary/aromatic N) is 1. The van der Waals surface area contributed by atoms with Crippen LogP contribution in [0.2, 0.25) is 0 Å². The van der Waals surface area contributed by atoms with Crippen LogP contribution in [-0.2, 0) is 23.9 Å². The van der Waals surface area contributed by atoms with Gasteiger partial charge in [-0.2, -0.15) is 0 Å². The summed E-state index contributed by atoms with van der Waals surface area (Å²) in [5.41, 5.74) is 0.870. The molecule has 0 heterocycles. The standard InChI is InChI=1S/C21H21N3O8/c1-31-21(28)14-8-10-15(11-9-14)22-19(26)13-32-20(27)7-3-6-18(25)23-16-4-2-5-17(12-16)24(29)30/h2,4-5,8-12H,3,6-7,13H2,1H3,(H,22,26)(H,23,25). The molecule has 0 aliphatic rings. The minimum Gasteiger partial charge on any atom is -0.465 e. The Morgan fingerprint density at radius 1 is 0.938 bits per heavy atom. The Morgan fingerprint density at radius 3 is 2.28 bits per heavy atom. The average Bonchev–Trinajstić information content (AvgIpc) is 2.77. The van der Waals surface area contributed by atoms with E-state index in [2.05, 4.69) is 15.4 Å². The highest BCUT2D eigenvalue weighted by Crippen LogP contribution is 2.17. The third-order valence-corrected chi connectivity index (χ3v) is 4.08. The predicted octanol–water partition coefficient (Wildman–Crippen LogP) is 2.67. The lowest BCUT2D eigenvalue weighted by molar-refractivity contribution is -0.384. The zero-order valence-electron chi connectivity index (χ0n) is 17.2. The summed E-state index contributed by atoms with van der Waals surface area (Å²) in [6, 6.07) is 11.5. The first-order valence-electron chi connectivity index (χ1n) is 9.46. The predicted molar refractivity (Wildman–Crippen MR) is 113 cm³/mol. The van der Waals surface area contributed by atoms with Crippen molar-refractivity contribution in [2.45, 2.75) is 19.3 Å². The summed E-state index contributed by atoms with van der Waals surface area (Å²) in [4.78, 5) is 57.1. The van der Waals surface area contributed by atoms with Crippen LogP contribution in [0, 0.1) is 10.1 Å². The Morgan fingerprint density at radius 2 is 1.62 bits per heavy atom. The number of anilines is 2. The number of carbonyl (C=O) groups is 4. The number of non-ortho nitro benzene ring substituents is 1. The van der Waals surface area contributed by atoms with E-state index in [-0.39, 0.29) is 30.6 Å². The molecule has 0 atom stereocenters. The first-order chi connectivity index (χ1) is 15.3. The number of rotatable bonds is 10. The number of hydrogen-bond donors (Lipinski definition) is 2. The number of nitro benzene ring substituents is 1. The minimum absolute atomic E-state index is 0.00344. The maximum Gasteiger partial charge on any atom is 0.337 e. The molecule has 0 aliphatic heterocycles. The number of amides is 2. The first-order valence-corrected chi connectivity index (χ1v) is 9.46. The molecule has 11 nitrogen and oxygen atoms in total. The van der Waals surface area contributed by atoms with Gasteiger partial charge in [-0.25, -0.2) is 4.79 Å². The van der Waals surface area contributed by atoms with Gasteiger partial charge in [0.25, 0.3) is 11.6 Å². The fraction of sp³-hybridized carbons (Fsp3) is 0.238. The zero-order valence-corrected chi connectivity index (χ0v) is 17.2. The van der Waals surface area contributed by atoms with E-state index in [0.717, 1.165) is 0 Å². The van der Waals surface area contributed by atoms with E-state index in [4.69, 9.17) is 4.74 Å². The number of benzene rings is 2. The Balaban J connectivity index is 1.67. The lowest BCUT2D eigenvalue weighted by atomic mass is 10.2. The van der Waals surface area contributed by atoms with Gasteiger partial charge in [0, 0.05) is 36.3 Å². The largest absolute Gasteiger partial charge is 0.465 e. The molecule has 0 aliphatic carbocycles. The molecule has 2 amide bonds. The quantitative estimate of drug-likeness (QED) is 0.323. The molecule has 2 rings (SSSR count). The molecule has 11 heteroatoms. The molecule has 32 heavy (non-hydrogen) atoms. The fourth-order valence-electron chi connectivity index (χ4n) is 2.54. The lowest BCUT2D eigenvalue weighted by Crippen LogP contribution is -2.21. The zero-order chi connectivity index (χ0) is 23.5. The molecule has 0 aromatic heterocycles. The Labute approximate surface area is 182 Å². The van der Waals surface area contributed by atoms with Gasteiger partial charge in [-0.1, -0.05) is 6.07 Å². The second-order valence-electron chi connectivity index (χ2n) is 6.49. The summed E-state index contributed by atoms with van der Waals surface area (Å²) >= 11 is 0. The molecule has 0 unspecified atom stereocenters. The molecular weight excluding hydrogens is 422 g/mol. The Kier molecular flexibility index (Phi) is 8.84. The minimum atomic E-state index is -0.649. The van der Waals surface area contributed by atoms with Crippen LogP contribution < -0.4 is 10.6 Å². The SMILES string of the molecule is COC(=O)c1ccc(NC(=O)COC(=O)CCCC(=O)Nc2cccc([N+](=O)[O-])c2)cc1. The highest BCUT2D eigenvalue weighted by atomic mass is 16.6. The maximum atomic E-state index is 11.9. The number of hydrogen-bond acceptors (Lipinski definition) is 8. The topological polar surface area (TPSA) is 154 Å². The Bertz CT molecular complexity index is 1000. The normalized spacial score (nSPS) is 10.0. The average molecular weight is 443 g/mol. The number of carbonyl (C=O) groups excluding carboxylic acids is 4. The van der Waals surface area contributed by atoms with Crippen molar-refractivity contribution < 1.29 is 33.6 Å². The van der Waals surface area contributed by atoms with E-state index in [1.165, 1.54) is 55.6 Å². The van der Waals surface area contributed by atoms with Gasteiger partial charge < -0.3 is 20.1 Å². The molecule has 2 aromatic carbocycles. The van der Waals surface area contributed by atoms with Crippen LogP contribution in [-0.4, -0.2) is 42.4 Å². The van der Waals surface area contributed by atoms with Gasteiger partial charge in [-0.3, -0.25) is 24.5 Å². The van der Waals surface area contributed by atoms with Gasteiger partial charge in [-0.15, -0.1) is 0 Å². The number of ether oxygens (including phenoxy) is 2. The van der Waals surface area contributed by atoms with Crippen molar-refractivity contribution in [3.63, 3.8) is 0 Å². The lowest BCUT2D eigenvalue weighted by Gasteiger charge is -2.08. The second kappa shape index (κ2) is 11.8. The van der Waals surface area contributed by atoms with E-state index in [1.54, 1.807) is 0 Å². The summed E-state index contributed by atoms with van der Waals surface area (Å²) in [6.07, 6.45) is 0.0935. The Hall–Kier alpha value is -4.28. The van der Waals surface area contributed by atoms with Crippen LogP contribution in [0.5, 0.6) is 0 Å². The monoisotopic (exact) mass is 443 g/mol. The van der Waals surface area contributed by atoms with Crippen molar-refractivity contribution >= 4 is 40.8 Å². The molecule has 0 fully saturated rings. The van der Waals surface area contributed by atoms with Gasteiger partial charge in [0.1, 0.15) is 0 Å². The van der Waals surface area contributed by atoms with Gasteiger partial charge in [0.2, 0.25) is 5.91 Å². The number of esters is 2. The summed E-state index contributed by atoms with van der Waals surface area (Å²) in [5, 5.41) is 15.8. The number of methoxy groups -OCH3 is 1. The molecule has 2 N–H and O–H groups in total. The van der Waals surface area contributed by atoms with Crippen molar-refractivity contribution in [1.82, 2.24) is 0 Å². The van der Waals surface area contributed by atoms with Crippen LogP contribution in [0.4, 0.5) is 17.1 Å². The molecule has 0 bridgehead atoms. The first kappa shape index (κ1) is 24.0. The molecule has 2 aromatic rings. The van der Waals surface area contributed by atoms with Crippen LogP contribution in [0.15, 0.2) is 48.5 Å². The van der Waals surface area contributed by atoms with Crippen molar-refractivity contribution in [3.05, 3.63) is 64.2 Å². The van der Waals surface area contributed by atoms with Crippen molar-refractivity contribution in [2.75, 3.05) is 24.4 Å². The highest BCUT2D eigenvalue weighted by molar-refractivity contribution is 5.94. The van der Waals surface area contributed by atoms with E-state index in [1.807, 2.05) is 0 Å². The van der Waals surface area contributed by atoms with Gasteiger partial charge in [0.15, 0.2) is 6.61 Å². The second-order valence-corrected chi connectivity index (χ2v) is 6.49. The van der Waals surface area contributed by atoms with Crippen molar-refractivity contribution in [3.8, 4) is 0 Å². The molecule has 0 radical (unpaired) electrons. The number of nitro groups is 1. The van der Waals surface area contributed by atoms with Gasteiger partial charge in [-0.05, 0) is 36.8 Å². The molecule has 168 valence electrons. The highest BCUT2D eigenvalue weighted by Gasteiger charge is 2.12. The fourth-order valence-corrected chi connectivity index (χ4v) is 2.54. The maximum absolute atomic E-state index is 11.9. The molecule has 0 saturated heterocycles. The van der Waals surface area contributed by atoms with E-state index < -0.39 is 35.3 Å². The summed E-state index contributed by atoms with van der Waals surface area (Å²) in [6.45, 7) is -0.503. The van der Waals surface area contributed by atoms with Crippen LogP contribution >= 0.6 is 0 Å². The van der Waals surface area contributed by atoms with Crippen molar-refractivity contribution in [2.24, 2.45) is 0 Å². The van der Waals surface area contributed by atoms with Crippen LogP contribution in [0.25, 0.3) is 0 Å². The molecule has 0 spiro atoms.